The van der Waals surface area contributed by atoms with Crippen LogP contribution in [0, 0.1) is 0 Å². The second-order valence-electron chi connectivity index (χ2n) is 6.35. The van der Waals surface area contributed by atoms with Crippen molar-refractivity contribution in [3.63, 3.8) is 0 Å². The largest absolute Gasteiger partial charge is 0.378 e. The Hall–Kier alpha value is -1.96. The van der Waals surface area contributed by atoms with Crippen LogP contribution in [0.2, 0.25) is 0 Å². The zero-order chi connectivity index (χ0) is 18.4. The highest BCUT2D eigenvalue weighted by Crippen LogP contribution is 2.23. The van der Waals surface area contributed by atoms with Gasteiger partial charge in [0, 0.05) is 50.6 Å². The van der Waals surface area contributed by atoms with E-state index >= 15 is 0 Å². The highest BCUT2D eigenvalue weighted by molar-refractivity contribution is 7.81. The van der Waals surface area contributed by atoms with E-state index in [1.807, 2.05) is 24.3 Å². The standard InChI is InChI=1S/C19H25N3O3S/c1-15(23)20-17-4-2-16(3-5-17)18(14-21-6-10-24-11-7-21)19(26)22-8-12-25-13-9-22/h2-5,14H,6-13H2,1H3,(H,20,23)/b18-14-. The van der Waals surface area contributed by atoms with Crippen molar-refractivity contribution in [3.05, 3.63) is 36.0 Å². The van der Waals surface area contributed by atoms with Crippen molar-refractivity contribution >= 4 is 34.4 Å². The fraction of sp³-hybridized carbons (Fsp3) is 0.474. The Balaban J connectivity index is 1.85. The van der Waals surface area contributed by atoms with Gasteiger partial charge in [0.1, 0.15) is 4.99 Å². The summed E-state index contributed by atoms with van der Waals surface area (Å²) in [6.07, 6.45) is 2.15. The molecule has 0 spiro atoms. The lowest BCUT2D eigenvalue weighted by Crippen LogP contribution is -2.41. The molecular weight excluding hydrogens is 350 g/mol. The smallest absolute Gasteiger partial charge is 0.221 e. The van der Waals surface area contributed by atoms with Crippen LogP contribution in [0.3, 0.4) is 0 Å². The minimum Gasteiger partial charge on any atom is -0.378 e. The number of morpholine rings is 2. The summed E-state index contributed by atoms with van der Waals surface area (Å²) < 4.78 is 10.9. The summed E-state index contributed by atoms with van der Waals surface area (Å²) in [5, 5.41) is 2.80. The van der Waals surface area contributed by atoms with Crippen molar-refractivity contribution in [1.29, 1.82) is 0 Å². The van der Waals surface area contributed by atoms with Crippen LogP contribution in [0.1, 0.15) is 12.5 Å². The van der Waals surface area contributed by atoms with Crippen molar-refractivity contribution in [1.82, 2.24) is 9.80 Å². The number of thiocarbonyl (C=S) groups is 1. The van der Waals surface area contributed by atoms with Crippen molar-refractivity contribution in [2.45, 2.75) is 6.92 Å². The van der Waals surface area contributed by atoms with Crippen LogP contribution < -0.4 is 5.32 Å². The van der Waals surface area contributed by atoms with Crippen LogP contribution in [0.5, 0.6) is 0 Å². The highest BCUT2D eigenvalue weighted by Gasteiger charge is 2.20. The lowest BCUT2D eigenvalue weighted by Gasteiger charge is -2.32. The normalized spacial score (nSPS) is 18.6. The molecule has 2 saturated heterocycles. The lowest BCUT2D eigenvalue weighted by atomic mass is 10.0. The molecule has 7 heteroatoms. The molecule has 0 saturated carbocycles. The van der Waals surface area contributed by atoms with Crippen LogP contribution in [-0.2, 0) is 14.3 Å². The molecule has 6 nitrogen and oxygen atoms in total. The van der Waals surface area contributed by atoms with E-state index < -0.39 is 0 Å². The van der Waals surface area contributed by atoms with E-state index in [-0.39, 0.29) is 5.91 Å². The van der Waals surface area contributed by atoms with E-state index in [9.17, 15) is 4.79 Å². The van der Waals surface area contributed by atoms with E-state index in [0.29, 0.717) is 13.2 Å². The Morgan fingerprint density at radius 3 is 2.19 bits per heavy atom. The van der Waals surface area contributed by atoms with Gasteiger partial charge in [-0.15, -0.1) is 0 Å². The van der Waals surface area contributed by atoms with Crippen LogP contribution in [0.4, 0.5) is 5.69 Å². The van der Waals surface area contributed by atoms with Gasteiger partial charge in [-0.2, -0.15) is 0 Å². The molecule has 2 heterocycles. The van der Waals surface area contributed by atoms with E-state index in [1.165, 1.54) is 6.92 Å². The number of hydrogen-bond donors (Lipinski definition) is 1. The number of ether oxygens (including phenoxy) is 2. The van der Waals surface area contributed by atoms with Gasteiger partial charge in [0.05, 0.1) is 26.4 Å². The second kappa shape index (κ2) is 9.12. The average Bonchev–Trinajstić information content (AvgIpc) is 2.67. The molecule has 0 bridgehead atoms. The first-order chi connectivity index (χ1) is 12.6. The number of amides is 1. The Kier molecular flexibility index (Phi) is 6.60. The molecule has 1 amide bonds. The molecule has 1 N–H and O–H groups in total. The van der Waals surface area contributed by atoms with Gasteiger partial charge in [0.2, 0.25) is 5.91 Å². The molecule has 1 aromatic rings. The molecule has 0 unspecified atom stereocenters. The summed E-state index contributed by atoms with van der Waals surface area (Å²) in [4.78, 5) is 16.5. The van der Waals surface area contributed by atoms with Crippen LogP contribution in [0.15, 0.2) is 30.5 Å². The first-order valence-electron chi connectivity index (χ1n) is 8.92. The fourth-order valence-corrected chi connectivity index (χ4v) is 3.37. The third-order valence-corrected chi connectivity index (χ3v) is 4.88. The third-order valence-electron chi connectivity index (χ3n) is 4.40. The molecule has 140 valence electrons. The Labute approximate surface area is 159 Å². The maximum Gasteiger partial charge on any atom is 0.221 e. The van der Waals surface area contributed by atoms with E-state index in [1.54, 1.807) is 0 Å². The van der Waals surface area contributed by atoms with Gasteiger partial charge in [-0.3, -0.25) is 4.79 Å². The van der Waals surface area contributed by atoms with Gasteiger partial charge in [0.15, 0.2) is 0 Å². The molecule has 0 radical (unpaired) electrons. The SMILES string of the molecule is CC(=O)Nc1ccc(/C(=C/N2CCOCC2)C(=S)N2CCOCC2)cc1. The van der Waals surface area contributed by atoms with Gasteiger partial charge in [-0.25, -0.2) is 0 Å². The van der Waals surface area contributed by atoms with Gasteiger partial charge in [-0.05, 0) is 17.7 Å². The minimum absolute atomic E-state index is 0.0781. The predicted octanol–water partition coefficient (Wildman–Crippen LogP) is 1.98. The summed E-state index contributed by atoms with van der Waals surface area (Å²) in [7, 11) is 0. The Morgan fingerprint density at radius 1 is 1.04 bits per heavy atom. The first-order valence-corrected chi connectivity index (χ1v) is 9.33. The number of carbonyl (C=O) groups excluding carboxylic acids is 1. The van der Waals surface area contributed by atoms with Crippen molar-refractivity contribution in [2.75, 3.05) is 57.9 Å². The molecule has 1 aromatic carbocycles. The van der Waals surface area contributed by atoms with Gasteiger partial charge < -0.3 is 24.6 Å². The summed E-state index contributed by atoms with van der Waals surface area (Å²) in [6.45, 7) is 7.71. The minimum atomic E-state index is -0.0781. The quantitative estimate of drug-likeness (QED) is 0.642. The topological polar surface area (TPSA) is 54.0 Å². The van der Waals surface area contributed by atoms with Crippen LogP contribution in [0.25, 0.3) is 5.57 Å². The maximum atomic E-state index is 11.2. The zero-order valence-corrected chi connectivity index (χ0v) is 15.9. The number of hydrogen-bond acceptors (Lipinski definition) is 5. The third kappa shape index (κ3) is 5.03. The van der Waals surface area contributed by atoms with Crippen LogP contribution in [-0.4, -0.2) is 73.3 Å². The molecule has 2 aliphatic heterocycles. The molecule has 2 aliphatic rings. The second-order valence-corrected chi connectivity index (χ2v) is 6.74. The summed E-state index contributed by atoms with van der Waals surface area (Å²) >= 11 is 5.82. The zero-order valence-electron chi connectivity index (χ0n) is 15.1. The maximum absolute atomic E-state index is 11.2. The van der Waals surface area contributed by atoms with Crippen LogP contribution >= 0.6 is 12.2 Å². The van der Waals surface area contributed by atoms with E-state index in [2.05, 4.69) is 21.3 Å². The molecule has 3 rings (SSSR count). The number of carbonyl (C=O) groups is 1. The van der Waals surface area contributed by atoms with Gasteiger partial charge in [-0.1, -0.05) is 24.4 Å². The summed E-state index contributed by atoms with van der Waals surface area (Å²) in [5.74, 6) is -0.0781. The lowest BCUT2D eigenvalue weighted by molar-refractivity contribution is -0.114. The number of anilines is 1. The molecule has 26 heavy (non-hydrogen) atoms. The molecule has 0 aliphatic carbocycles. The highest BCUT2D eigenvalue weighted by atomic mass is 32.1. The average molecular weight is 375 g/mol. The van der Waals surface area contributed by atoms with Gasteiger partial charge >= 0.3 is 0 Å². The molecule has 0 aromatic heterocycles. The monoisotopic (exact) mass is 375 g/mol. The fourth-order valence-electron chi connectivity index (χ4n) is 3.02. The summed E-state index contributed by atoms with van der Waals surface area (Å²) in [6, 6.07) is 7.83. The number of benzene rings is 1. The number of nitrogens with zero attached hydrogens (tertiary/aromatic N) is 2. The first kappa shape index (κ1) is 18.8. The molecule has 2 fully saturated rings. The number of nitrogens with one attached hydrogen (secondary N) is 1. The van der Waals surface area contributed by atoms with Crippen molar-refractivity contribution in [3.8, 4) is 0 Å². The van der Waals surface area contributed by atoms with E-state index in [4.69, 9.17) is 21.7 Å². The Morgan fingerprint density at radius 2 is 1.62 bits per heavy atom. The van der Waals surface area contributed by atoms with Crippen molar-refractivity contribution < 1.29 is 14.3 Å². The predicted molar refractivity (Wildman–Crippen MR) is 106 cm³/mol. The molecule has 0 atom stereocenters. The molecular formula is C19H25N3O3S. The Bertz CT molecular complexity index is 663. The van der Waals surface area contributed by atoms with E-state index in [0.717, 1.165) is 61.2 Å². The van der Waals surface area contributed by atoms with Gasteiger partial charge in [0.25, 0.3) is 0 Å². The summed E-state index contributed by atoms with van der Waals surface area (Å²) in [5.41, 5.74) is 2.85. The number of rotatable bonds is 4. The van der Waals surface area contributed by atoms with Crippen molar-refractivity contribution in [2.24, 2.45) is 0 Å².